The van der Waals surface area contributed by atoms with Crippen LogP contribution >= 0.6 is 0 Å². The third-order valence-electron chi connectivity index (χ3n) is 2.26. The average molecular weight is 192 g/mol. The summed E-state index contributed by atoms with van der Waals surface area (Å²) >= 11 is 0. The number of rotatable bonds is 4. The lowest BCUT2D eigenvalue weighted by Crippen LogP contribution is -2.31. The van der Waals surface area contributed by atoms with E-state index in [1.165, 1.54) is 18.4 Å². The lowest BCUT2D eigenvalue weighted by molar-refractivity contribution is 0.434. The van der Waals surface area contributed by atoms with Gasteiger partial charge in [0.05, 0.1) is 0 Å². The average Bonchev–Trinajstić information content (AvgIpc) is 2.95. The maximum atomic E-state index is 4.44. The third-order valence-corrected chi connectivity index (χ3v) is 2.26. The van der Waals surface area contributed by atoms with Crippen molar-refractivity contribution in [3.63, 3.8) is 0 Å². The van der Waals surface area contributed by atoms with E-state index in [1.54, 1.807) is 0 Å². The maximum absolute atomic E-state index is 4.44. The summed E-state index contributed by atoms with van der Waals surface area (Å²) in [5.74, 6) is 1.01. The summed E-state index contributed by atoms with van der Waals surface area (Å²) in [5.41, 5.74) is 1.22. The molecule has 1 saturated carbocycles. The van der Waals surface area contributed by atoms with Crippen LogP contribution in [0.25, 0.3) is 0 Å². The normalized spacial score (nSPS) is 16.4. The van der Waals surface area contributed by atoms with Crippen LogP contribution in [0, 0.1) is 0 Å². The van der Waals surface area contributed by atoms with Gasteiger partial charge in [-0.3, -0.25) is 0 Å². The van der Waals surface area contributed by atoms with Crippen LogP contribution in [-0.2, 0) is 0 Å². The van der Waals surface area contributed by atoms with Gasteiger partial charge in [-0.1, -0.05) is 12.2 Å². The number of hydrogen-bond donors (Lipinski definition) is 0. The van der Waals surface area contributed by atoms with Gasteiger partial charge in [0.2, 0.25) is 0 Å². The summed E-state index contributed by atoms with van der Waals surface area (Å²) in [6.07, 6.45) is 6.36. The van der Waals surface area contributed by atoms with Crippen LogP contribution in [0.2, 0.25) is 0 Å². The Morgan fingerprint density at radius 2 is 2.14 bits per heavy atom. The van der Waals surface area contributed by atoms with E-state index < -0.39 is 0 Å². The molecule has 78 valence electrons. The first kappa shape index (κ1) is 11.0. The molecule has 0 heterocycles. The summed E-state index contributed by atoms with van der Waals surface area (Å²) < 4.78 is 0. The van der Waals surface area contributed by atoms with E-state index in [0.717, 1.165) is 12.4 Å². The van der Waals surface area contributed by atoms with E-state index in [1.807, 2.05) is 12.3 Å². The van der Waals surface area contributed by atoms with Crippen LogP contribution in [-0.4, -0.2) is 23.3 Å². The van der Waals surface area contributed by atoms with Gasteiger partial charge < -0.3 is 4.90 Å². The highest BCUT2D eigenvalue weighted by molar-refractivity contribution is 5.93. The minimum absolute atomic E-state index is 0.710. The van der Waals surface area contributed by atoms with E-state index >= 15 is 0 Å². The van der Waals surface area contributed by atoms with Crippen LogP contribution in [0.3, 0.4) is 0 Å². The van der Waals surface area contributed by atoms with Crippen molar-refractivity contribution in [2.24, 2.45) is 4.99 Å². The first-order valence-electron chi connectivity index (χ1n) is 5.29. The minimum Gasteiger partial charge on any atom is -0.354 e. The predicted molar refractivity (Wildman–Crippen MR) is 62.5 cm³/mol. The van der Waals surface area contributed by atoms with Crippen molar-refractivity contribution in [2.45, 2.75) is 39.7 Å². The molecule has 0 amide bonds. The molecule has 1 rings (SSSR count). The number of amidine groups is 1. The van der Waals surface area contributed by atoms with Crippen molar-refractivity contribution < 1.29 is 0 Å². The Balaban J connectivity index is 2.72. The summed E-state index contributed by atoms with van der Waals surface area (Å²) in [6, 6.07) is 0.710. The molecule has 0 aliphatic heterocycles. The van der Waals surface area contributed by atoms with E-state index in [-0.39, 0.29) is 0 Å². The van der Waals surface area contributed by atoms with Gasteiger partial charge in [0.1, 0.15) is 5.84 Å². The highest BCUT2D eigenvalue weighted by atomic mass is 15.2. The lowest BCUT2D eigenvalue weighted by atomic mass is 10.4. The Kier molecular flexibility index (Phi) is 3.93. The van der Waals surface area contributed by atoms with E-state index in [0.29, 0.717) is 6.04 Å². The monoisotopic (exact) mass is 192 g/mol. The van der Waals surface area contributed by atoms with Crippen molar-refractivity contribution in [3.8, 4) is 0 Å². The second-order valence-electron chi connectivity index (χ2n) is 3.92. The topological polar surface area (TPSA) is 15.6 Å². The molecule has 0 spiro atoms. The molecule has 2 nitrogen and oxygen atoms in total. The molecule has 0 atom stereocenters. The molecule has 1 fully saturated rings. The fourth-order valence-corrected chi connectivity index (χ4v) is 1.43. The number of nitrogens with zero attached hydrogens (tertiary/aromatic N) is 2. The molecule has 0 aromatic rings. The van der Waals surface area contributed by atoms with Crippen molar-refractivity contribution in [1.29, 1.82) is 0 Å². The first-order chi connectivity index (χ1) is 6.69. The zero-order valence-electron chi connectivity index (χ0n) is 9.45. The Hall–Kier alpha value is -1.05. The Morgan fingerprint density at radius 1 is 1.50 bits per heavy atom. The van der Waals surface area contributed by atoms with Crippen molar-refractivity contribution in [3.05, 3.63) is 24.4 Å². The number of likely N-dealkylation sites (N-methyl/N-ethyl adjacent to an activating group) is 1. The summed E-state index contributed by atoms with van der Waals surface area (Å²) in [6.45, 7) is 11.1. The highest BCUT2D eigenvalue weighted by Gasteiger charge is 2.28. The van der Waals surface area contributed by atoms with Crippen LogP contribution in [0.1, 0.15) is 33.6 Å². The van der Waals surface area contributed by atoms with Crippen LogP contribution < -0.4 is 0 Å². The smallest absolute Gasteiger partial charge is 0.128 e. The van der Waals surface area contributed by atoms with Gasteiger partial charge in [0.25, 0.3) is 0 Å². The molecule has 0 aromatic carbocycles. The Labute approximate surface area is 87.0 Å². The molecule has 0 unspecified atom stereocenters. The second-order valence-corrected chi connectivity index (χ2v) is 3.92. The van der Waals surface area contributed by atoms with Gasteiger partial charge in [0.15, 0.2) is 0 Å². The van der Waals surface area contributed by atoms with Crippen molar-refractivity contribution >= 4 is 5.84 Å². The van der Waals surface area contributed by atoms with Gasteiger partial charge in [-0.05, 0) is 39.7 Å². The van der Waals surface area contributed by atoms with E-state index in [4.69, 9.17) is 0 Å². The fraction of sp³-hybridized carbons (Fsp3) is 0.583. The third kappa shape index (κ3) is 3.02. The molecule has 2 heteroatoms. The number of hydrogen-bond acceptors (Lipinski definition) is 1. The van der Waals surface area contributed by atoms with Crippen molar-refractivity contribution in [1.82, 2.24) is 4.90 Å². The van der Waals surface area contributed by atoms with Gasteiger partial charge >= 0.3 is 0 Å². The summed E-state index contributed by atoms with van der Waals surface area (Å²) in [7, 11) is 0. The van der Waals surface area contributed by atoms with Crippen LogP contribution in [0.4, 0.5) is 0 Å². The zero-order valence-corrected chi connectivity index (χ0v) is 9.45. The van der Waals surface area contributed by atoms with Gasteiger partial charge in [0, 0.05) is 18.8 Å². The predicted octanol–water partition coefficient (Wildman–Crippen LogP) is 2.98. The van der Waals surface area contributed by atoms with E-state index in [2.05, 4.69) is 37.2 Å². The lowest BCUT2D eigenvalue weighted by Gasteiger charge is -2.21. The number of aliphatic imine (C=N–C) groups is 1. The molecule has 0 saturated heterocycles. The number of allylic oxidation sites excluding steroid dienone is 1. The molecule has 0 bridgehead atoms. The molecule has 0 aromatic heterocycles. The molecular weight excluding hydrogens is 172 g/mol. The van der Waals surface area contributed by atoms with Crippen molar-refractivity contribution in [2.75, 3.05) is 6.54 Å². The Morgan fingerprint density at radius 3 is 2.50 bits per heavy atom. The second kappa shape index (κ2) is 4.99. The summed E-state index contributed by atoms with van der Waals surface area (Å²) in [4.78, 5) is 6.76. The zero-order chi connectivity index (χ0) is 10.6. The van der Waals surface area contributed by atoms with Gasteiger partial charge in [-0.2, -0.15) is 0 Å². The maximum Gasteiger partial charge on any atom is 0.128 e. The standard InChI is InChI=1S/C12H20N2/c1-5-12(13-9-10(3)4)14(6-2)11-7-8-11/h5,9,11H,1,6-8H2,2-4H3. The molecule has 1 aliphatic carbocycles. The molecule has 0 radical (unpaired) electrons. The molecule has 0 N–H and O–H groups in total. The van der Waals surface area contributed by atoms with Gasteiger partial charge in [-0.25, -0.2) is 4.99 Å². The van der Waals surface area contributed by atoms with Crippen LogP contribution in [0.5, 0.6) is 0 Å². The quantitative estimate of drug-likeness (QED) is 0.494. The molecular formula is C12H20N2. The minimum atomic E-state index is 0.710. The molecule has 14 heavy (non-hydrogen) atoms. The SMILES string of the molecule is C=CC(=NC=C(C)C)N(CC)C1CC1. The Bertz CT molecular complexity index is 255. The fourth-order valence-electron chi connectivity index (χ4n) is 1.43. The van der Waals surface area contributed by atoms with Gasteiger partial charge in [-0.15, -0.1) is 0 Å². The molecule has 1 aliphatic rings. The summed E-state index contributed by atoms with van der Waals surface area (Å²) in [5, 5.41) is 0. The van der Waals surface area contributed by atoms with E-state index in [9.17, 15) is 0 Å². The highest BCUT2D eigenvalue weighted by Crippen LogP contribution is 2.27. The largest absolute Gasteiger partial charge is 0.354 e. The van der Waals surface area contributed by atoms with Crippen LogP contribution in [0.15, 0.2) is 29.4 Å². The first-order valence-corrected chi connectivity index (χ1v) is 5.29.